The summed E-state index contributed by atoms with van der Waals surface area (Å²) in [6, 6.07) is 29.0. The van der Waals surface area contributed by atoms with Crippen molar-refractivity contribution in [1.29, 1.82) is 0 Å². The van der Waals surface area contributed by atoms with Gasteiger partial charge in [-0.3, -0.25) is 0 Å². The maximum atomic E-state index is 5.01. The molecule has 0 saturated carbocycles. The Kier molecular flexibility index (Phi) is 4.46. The van der Waals surface area contributed by atoms with Crippen molar-refractivity contribution in [3.8, 4) is 22.6 Å². The summed E-state index contributed by atoms with van der Waals surface area (Å²) in [5.74, 6) is 0.730. The van der Waals surface area contributed by atoms with Crippen molar-refractivity contribution in [2.75, 3.05) is 0 Å². The first-order chi connectivity index (χ1) is 13.7. The number of nitrogens with zero attached hydrogens (tertiary/aromatic N) is 2. The molecule has 1 aromatic heterocycles. The van der Waals surface area contributed by atoms with Crippen molar-refractivity contribution in [3.63, 3.8) is 0 Å². The van der Waals surface area contributed by atoms with Gasteiger partial charge < -0.3 is 0 Å². The minimum absolute atomic E-state index is 0.730. The van der Waals surface area contributed by atoms with Gasteiger partial charge in [0, 0.05) is 25.5 Å². The van der Waals surface area contributed by atoms with E-state index in [1.807, 2.05) is 36.4 Å². The normalized spacial score (nSPS) is 11.2. The number of rotatable bonds is 2. The van der Waals surface area contributed by atoms with E-state index in [4.69, 9.17) is 9.97 Å². The van der Waals surface area contributed by atoms with Crippen molar-refractivity contribution in [2.24, 2.45) is 0 Å². The van der Waals surface area contributed by atoms with Gasteiger partial charge in [-0.15, -0.1) is 0 Å². The molecule has 0 aliphatic carbocycles. The summed E-state index contributed by atoms with van der Waals surface area (Å²) >= 11 is 7.03. The molecule has 5 rings (SSSR count). The van der Waals surface area contributed by atoms with Gasteiger partial charge in [0.2, 0.25) is 0 Å². The van der Waals surface area contributed by atoms with Crippen LogP contribution < -0.4 is 0 Å². The zero-order valence-electron chi connectivity index (χ0n) is 14.7. The van der Waals surface area contributed by atoms with Crippen LogP contribution in [0.5, 0.6) is 0 Å². The molecule has 0 saturated heterocycles. The fourth-order valence-corrected chi connectivity index (χ4v) is 3.98. The van der Waals surface area contributed by atoms with E-state index in [0.29, 0.717) is 0 Å². The third-order valence-corrected chi connectivity index (χ3v) is 5.87. The van der Waals surface area contributed by atoms with E-state index in [9.17, 15) is 0 Å². The Morgan fingerprint density at radius 1 is 0.571 bits per heavy atom. The summed E-state index contributed by atoms with van der Waals surface area (Å²) < 4.78 is 2.09. The number of hydrogen-bond donors (Lipinski definition) is 0. The number of benzene rings is 4. The van der Waals surface area contributed by atoms with E-state index in [-0.39, 0.29) is 0 Å². The zero-order valence-corrected chi connectivity index (χ0v) is 17.9. The predicted molar refractivity (Wildman–Crippen MR) is 123 cm³/mol. The summed E-state index contributed by atoms with van der Waals surface area (Å²) in [7, 11) is 0. The Labute approximate surface area is 179 Å². The summed E-state index contributed by atoms with van der Waals surface area (Å²) in [6.45, 7) is 0. The third-order valence-electron chi connectivity index (χ3n) is 4.81. The van der Waals surface area contributed by atoms with Gasteiger partial charge in [0.15, 0.2) is 5.82 Å². The summed E-state index contributed by atoms with van der Waals surface area (Å²) in [5.41, 5.74) is 3.97. The molecule has 28 heavy (non-hydrogen) atoms. The Hall–Kier alpha value is -2.56. The van der Waals surface area contributed by atoms with E-state index < -0.39 is 0 Å². The van der Waals surface area contributed by atoms with Crippen LogP contribution in [-0.4, -0.2) is 9.97 Å². The summed E-state index contributed by atoms with van der Waals surface area (Å²) in [5, 5.41) is 3.44. The highest BCUT2D eigenvalue weighted by atomic mass is 79.9. The number of halogens is 2. The molecule has 4 heteroatoms. The minimum atomic E-state index is 0.730. The molecule has 0 aliphatic heterocycles. The van der Waals surface area contributed by atoms with Crippen molar-refractivity contribution < 1.29 is 0 Å². The molecule has 0 fully saturated rings. The van der Waals surface area contributed by atoms with Crippen molar-refractivity contribution >= 4 is 53.5 Å². The first-order valence-electron chi connectivity index (χ1n) is 8.90. The van der Waals surface area contributed by atoms with E-state index in [2.05, 4.69) is 80.4 Å². The van der Waals surface area contributed by atoms with E-state index >= 15 is 0 Å². The van der Waals surface area contributed by atoms with Gasteiger partial charge >= 0.3 is 0 Å². The van der Waals surface area contributed by atoms with Gasteiger partial charge in [-0.2, -0.15) is 0 Å². The second kappa shape index (κ2) is 7.12. The third kappa shape index (κ3) is 3.13. The van der Waals surface area contributed by atoms with Crippen LogP contribution in [-0.2, 0) is 0 Å². The van der Waals surface area contributed by atoms with Crippen molar-refractivity contribution in [2.45, 2.75) is 0 Å². The number of aromatic nitrogens is 2. The Morgan fingerprint density at radius 2 is 1.21 bits per heavy atom. The number of hydrogen-bond acceptors (Lipinski definition) is 2. The Bertz CT molecular complexity index is 1310. The topological polar surface area (TPSA) is 25.8 Å². The van der Waals surface area contributed by atoms with Crippen molar-refractivity contribution in [1.82, 2.24) is 9.97 Å². The highest BCUT2D eigenvalue weighted by Crippen LogP contribution is 2.34. The molecule has 0 N–H and O–H groups in total. The first-order valence-corrected chi connectivity index (χ1v) is 10.5. The lowest BCUT2D eigenvalue weighted by Gasteiger charge is -2.12. The molecule has 0 unspecified atom stereocenters. The van der Waals surface area contributed by atoms with Crippen LogP contribution in [0.4, 0.5) is 0 Å². The molecule has 0 atom stereocenters. The van der Waals surface area contributed by atoms with Gasteiger partial charge in [-0.1, -0.05) is 86.5 Å². The second-order valence-electron chi connectivity index (χ2n) is 6.59. The van der Waals surface area contributed by atoms with Gasteiger partial charge in [-0.05, 0) is 41.1 Å². The molecule has 134 valence electrons. The van der Waals surface area contributed by atoms with Crippen LogP contribution in [0.15, 0.2) is 93.9 Å². The quantitative estimate of drug-likeness (QED) is 0.238. The van der Waals surface area contributed by atoms with Gasteiger partial charge in [0.05, 0.1) is 11.2 Å². The molecule has 1 heterocycles. The largest absolute Gasteiger partial charge is 0.228 e. The minimum Gasteiger partial charge on any atom is -0.228 e. The average molecular weight is 490 g/mol. The predicted octanol–water partition coefficient (Wildman–Crippen LogP) is 7.64. The van der Waals surface area contributed by atoms with E-state index in [1.54, 1.807) is 0 Å². The van der Waals surface area contributed by atoms with E-state index in [1.165, 1.54) is 10.8 Å². The highest BCUT2D eigenvalue weighted by molar-refractivity contribution is 9.10. The molecule has 0 aliphatic rings. The molecular weight excluding hydrogens is 476 g/mol. The molecule has 5 aromatic rings. The van der Waals surface area contributed by atoms with E-state index in [0.717, 1.165) is 42.5 Å². The van der Waals surface area contributed by atoms with Crippen LogP contribution in [0, 0.1) is 0 Å². The lowest BCUT2D eigenvalue weighted by atomic mass is 10.00. The second-order valence-corrected chi connectivity index (χ2v) is 8.42. The maximum Gasteiger partial charge on any atom is 0.160 e. The maximum absolute atomic E-state index is 5.01. The lowest BCUT2D eigenvalue weighted by Crippen LogP contribution is -1.96. The lowest BCUT2D eigenvalue weighted by molar-refractivity contribution is 1.23. The van der Waals surface area contributed by atoms with Crippen LogP contribution in [0.1, 0.15) is 0 Å². The Balaban J connectivity index is 1.87. The van der Waals surface area contributed by atoms with Gasteiger partial charge in [0.25, 0.3) is 0 Å². The molecular formula is C24H14Br2N2. The van der Waals surface area contributed by atoms with Crippen LogP contribution >= 0.6 is 31.9 Å². The number of fused-ring (bicyclic) bond motifs is 3. The molecule has 0 spiro atoms. The van der Waals surface area contributed by atoms with Gasteiger partial charge in [-0.25, -0.2) is 9.97 Å². The van der Waals surface area contributed by atoms with Gasteiger partial charge in [0.1, 0.15) is 0 Å². The molecule has 0 radical (unpaired) electrons. The summed E-state index contributed by atoms with van der Waals surface area (Å²) in [4.78, 5) is 9.90. The highest BCUT2D eigenvalue weighted by Gasteiger charge is 2.14. The zero-order chi connectivity index (χ0) is 19.1. The van der Waals surface area contributed by atoms with Crippen LogP contribution in [0.25, 0.3) is 44.3 Å². The van der Waals surface area contributed by atoms with Crippen LogP contribution in [0.3, 0.4) is 0 Å². The van der Waals surface area contributed by atoms with Crippen molar-refractivity contribution in [3.05, 3.63) is 93.9 Å². The molecule has 2 nitrogen and oxygen atoms in total. The molecule has 0 bridgehead atoms. The fraction of sp³-hybridized carbons (Fsp3) is 0. The monoisotopic (exact) mass is 488 g/mol. The molecule has 0 amide bonds. The van der Waals surface area contributed by atoms with Crippen LogP contribution in [0.2, 0.25) is 0 Å². The first kappa shape index (κ1) is 17.5. The smallest absolute Gasteiger partial charge is 0.160 e. The average Bonchev–Trinajstić information content (AvgIpc) is 2.74. The standard InChI is InChI=1S/C24H14Br2N2/c25-18-10-5-16(6-11-18)23-22-20-4-2-1-3-15(20)9-14-21(22)27-24(28-23)17-7-12-19(26)13-8-17/h1-14H. The SMILES string of the molecule is Brc1ccc(-c2nc(-c3ccc(Br)cc3)c3c(ccc4ccccc43)n2)cc1. The molecule has 4 aromatic carbocycles. The Morgan fingerprint density at radius 3 is 1.93 bits per heavy atom. The fourth-order valence-electron chi connectivity index (χ4n) is 3.45. The summed E-state index contributed by atoms with van der Waals surface area (Å²) in [6.07, 6.45) is 0.